The van der Waals surface area contributed by atoms with Gasteiger partial charge < -0.3 is 20.6 Å². The molecule has 0 rings (SSSR count). The Morgan fingerprint density at radius 1 is 0.500 bits per heavy atom. The predicted molar refractivity (Wildman–Crippen MR) is 218 cm³/mol. The highest BCUT2D eigenvalue weighted by Gasteiger charge is 2.26. The van der Waals surface area contributed by atoms with Crippen LogP contribution in [0.2, 0.25) is 0 Å². The van der Waals surface area contributed by atoms with Gasteiger partial charge in [-0.2, -0.15) is 0 Å². The summed E-state index contributed by atoms with van der Waals surface area (Å²) < 4.78 is 0. The molecule has 294 valence electrons. The molecular formula is C45H85NO4. The highest BCUT2D eigenvalue weighted by atomic mass is 16.3. The number of nitrogens with one attached hydrogen (secondary N) is 1. The Labute approximate surface area is 311 Å². The summed E-state index contributed by atoms with van der Waals surface area (Å²) in [4.78, 5) is 12.4. The molecule has 3 atom stereocenters. The molecule has 0 aliphatic heterocycles. The third-order valence-corrected chi connectivity index (χ3v) is 9.97. The van der Waals surface area contributed by atoms with E-state index in [1.165, 1.54) is 148 Å². The van der Waals surface area contributed by atoms with Crippen LogP contribution < -0.4 is 5.32 Å². The average molecular weight is 704 g/mol. The molecule has 0 aliphatic carbocycles. The first kappa shape index (κ1) is 48.6. The fraction of sp³-hybridized carbons (Fsp3) is 0.844. The molecule has 0 aromatic heterocycles. The van der Waals surface area contributed by atoms with Crippen molar-refractivity contribution in [3.8, 4) is 0 Å². The summed E-state index contributed by atoms with van der Waals surface area (Å²) in [6.07, 6.45) is 49.9. The SMILES string of the molecule is CCCCCC/C=C/CCCC(O)C(O)C(CO)NC(=O)CCCCCCCCCCCCC/C=C\C/C=C\CCCCCCCCCCC. The minimum atomic E-state index is -1.16. The van der Waals surface area contributed by atoms with E-state index in [0.29, 0.717) is 12.8 Å². The largest absolute Gasteiger partial charge is 0.394 e. The molecule has 0 radical (unpaired) electrons. The number of aliphatic hydroxyl groups is 3. The van der Waals surface area contributed by atoms with Gasteiger partial charge in [0.1, 0.15) is 6.10 Å². The van der Waals surface area contributed by atoms with Crippen molar-refractivity contribution in [3.63, 3.8) is 0 Å². The fourth-order valence-corrected chi connectivity index (χ4v) is 6.54. The minimum Gasteiger partial charge on any atom is -0.394 e. The van der Waals surface area contributed by atoms with Gasteiger partial charge in [0, 0.05) is 6.42 Å². The highest BCUT2D eigenvalue weighted by molar-refractivity contribution is 5.76. The molecule has 0 spiro atoms. The van der Waals surface area contributed by atoms with Gasteiger partial charge in [-0.05, 0) is 70.6 Å². The second-order valence-electron chi connectivity index (χ2n) is 14.9. The van der Waals surface area contributed by atoms with Crippen LogP contribution in [0.15, 0.2) is 36.5 Å². The van der Waals surface area contributed by atoms with E-state index in [1.54, 1.807) is 0 Å². The van der Waals surface area contributed by atoms with Crippen molar-refractivity contribution in [2.45, 2.75) is 238 Å². The summed E-state index contributed by atoms with van der Waals surface area (Å²) in [5.41, 5.74) is 0. The maximum atomic E-state index is 12.4. The highest BCUT2D eigenvalue weighted by Crippen LogP contribution is 2.15. The Kier molecular flexibility index (Phi) is 39.2. The first-order chi connectivity index (χ1) is 24.6. The second kappa shape index (κ2) is 40.3. The van der Waals surface area contributed by atoms with E-state index < -0.39 is 18.2 Å². The molecule has 0 bridgehead atoms. The van der Waals surface area contributed by atoms with Gasteiger partial charge in [0.05, 0.1) is 18.8 Å². The maximum absolute atomic E-state index is 12.4. The third-order valence-electron chi connectivity index (χ3n) is 9.97. The zero-order valence-electron chi connectivity index (χ0n) is 33.3. The zero-order valence-corrected chi connectivity index (χ0v) is 33.3. The number of aliphatic hydroxyl groups excluding tert-OH is 3. The number of unbranched alkanes of at least 4 members (excludes halogenated alkanes) is 25. The molecule has 50 heavy (non-hydrogen) atoms. The van der Waals surface area contributed by atoms with Crippen LogP contribution in [-0.4, -0.2) is 46.1 Å². The Morgan fingerprint density at radius 2 is 0.860 bits per heavy atom. The van der Waals surface area contributed by atoms with Crippen molar-refractivity contribution in [3.05, 3.63) is 36.5 Å². The fourth-order valence-electron chi connectivity index (χ4n) is 6.54. The van der Waals surface area contributed by atoms with E-state index in [4.69, 9.17) is 0 Å². The van der Waals surface area contributed by atoms with Crippen molar-refractivity contribution < 1.29 is 20.1 Å². The predicted octanol–water partition coefficient (Wildman–Crippen LogP) is 12.4. The van der Waals surface area contributed by atoms with Crippen LogP contribution in [0.3, 0.4) is 0 Å². The average Bonchev–Trinajstić information content (AvgIpc) is 3.12. The van der Waals surface area contributed by atoms with Crippen LogP contribution >= 0.6 is 0 Å². The molecule has 0 aromatic carbocycles. The smallest absolute Gasteiger partial charge is 0.220 e. The third kappa shape index (κ3) is 35.0. The van der Waals surface area contributed by atoms with Gasteiger partial charge in [0.15, 0.2) is 0 Å². The van der Waals surface area contributed by atoms with Gasteiger partial charge in [-0.3, -0.25) is 4.79 Å². The number of allylic oxidation sites excluding steroid dienone is 6. The van der Waals surface area contributed by atoms with Crippen molar-refractivity contribution in [1.82, 2.24) is 5.32 Å². The topological polar surface area (TPSA) is 89.8 Å². The number of hydrogen-bond acceptors (Lipinski definition) is 4. The van der Waals surface area contributed by atoms with Crippen LogP contribution in [-0.2, 0) is 4.79 Å². The number of carbonyl (C=O) groups excluding carboxylic acids is 1. The standard InChI is InChI=1S/C45H85NO4/c1-3-5-7-9-11-13-14-15-16-17-18-19-20-21-22-23-24-25-26-27-28-29-30-32-34-36-38-40-44(49)46-42(41-47)45(50)43(48)39-37-35-33-31-12-10-8-6-4-2/h18-19,21-22,31,33,42-43,45,47-48,50H,3-17,20,23-30,32,34-41H2,1-2H3,(H,46,49)/b19-18-,22-21-,33-31+. The molecule has 0 saturated carbocycles. The molecule has 3 unspecified atom stereocenters. The number of amides is 1. The molecule has 5 nitrogen and oxygen atoms in total. The van der Waals surface area contributed by atoms with Crippen LogP contribution in [0.25, 0.3) is 0 Å². The number of rotatable bonds is 39. The molecule has 1 amide bonds. The van der Waals surface area contributed by atoms with Crippen LogP contribution in [0.1, 0.15) is 219 Å². The maximum Gasteiger partial charge on any atom is 0.220 e. The Bertz CT molecular complexity index is 779. The number of carbonyl (C=O) groups is 1. The summed E-state index contributed by atoms with van der Waals surface area (Å²) in [6.45, 7) is 4.12. The Morgan fingerprint density at radius 3 is 1.30 bits per heavy atom. The van der Waals surface area contributed by atoms with E-state index in [1.807, 2.05) is 0 Å². The lowest BCUT2D eigenvalue weighted by molar-refractivity contribution is -0.124. The lowest BCUT2D eigenvalue weighted by Gasteiger charge is -2.26. The summed E-state index contributed by atoms with van der Waals surface area (Å²) in [6, 6.07) is -0.825. The molecule has 0 aromatic rings. The summed E-state index contributed by atoms with van der Waals surface area (Å²) >= 11 is 0. The monoisotopic (exact) mass is 704 g/mol. The van der Waals surface area contributed by atoms with Crippen molar-refractivity contribution in [2.24, 2.45) is 0 Å². The van der Waals surface area contributed by atoms with E-state index in [-0.39, 0.29) is 12.5 Å². The van der Waals surface area contributed by atoms with E-state index in [2.05, 4.69) is 55.6 Å². The van der Waals surface area contributed by atoms with Crippen molar-refractivity contribution in [2.75, 3.05) is 6.61 Å². The normalized spacial score (nSPS) is 13.9. The van der Waals surface area contributed by atoms with Gasteiger partial charge in [0.2, 0.25) is 5.91 Å². The van der Waals surface area contributed by atoms with Gasteiger partial charge in [-0.1, -0.05) is 179 Å². The molecular weight excluding hydrogens is 618 g/mol. The van der Waals surface area contributed by atoms with Gasteiger partial charge in [-0.25, -0.2) is 0 Å². The van der Waals surface area contributed by atoms with Crippen LogP contribution in [0.4, 0.5) is 0 Å². The quantitative estimate of drug-likeness (QED) is 0.0379. The summed E-state index contributed by atoms with van der Waals surface area (Å²) in [7, 11) is 0. The van der Waals surface area contributed by atoms with E-state index in [9.17, 15) is 20.1 Å². The van der Waals surface area contributed by atoms with Gasteiger partial charge in [-0.15, -0.1) is 0 Å². The summed E-state index contributed by atoms with van der Waals surface area (Å²) in [5, 5.41) is 33.3. The van der Waals surface area contributed by atoms with Crippen LogP contribution in [0.5, 0.6) is 0 Å². The first-order valence-electron chi connectivity index (χ1n) is 21.8. The van der Waals surface area contributed by atoms with Crippen molar-refractivity contribution in [1.29, 1.82) is 0 Å². The van der Waals surface area contributed by atoms with Gasteiger partial charge >= 0.3 is 0 Å². The zero-order chi connectivity index (χ0) is 36.6. The lowest BCUT2D eigenvalue weighted by Crippen LogP contribution is -2.50. The molecule has 4 N–H and O–H groups in total. The Hall–Kier alpha value is -1.43. The first-order valence-corrected chi connectivity index (χ1v) is 21.8. The summed E-state index contributed by atoms with van der Waals surface area (Å²) in [5.74, 6) is -0.159. The molecule has 0 aliphatic rings. The Balaban J connectivity index is 3.57. The van der Waals surface area contributed by atoms with E-state index in [0.717, 1.165) is 44.9 Å². The second-order valence-corrected chi connectivity index (χ2v) is 14.9. The van der Waals surface area contributed by atoms with Crippen molar-refractivity contribution >= 4 is 5.91 Å². The van der Waals surface area contributed by atoms with Crippen LogP contribution in [0, 0.1) is 0 Å². The molecule has 0 fully saturated rings. The number of hydrogen-bond donors (Lipinski definition) is 4. The minimum absolute atomic E-state index is 0.159. The lowest BCUT2D eigenvalue weighted by atomic mass is 10.0. The van der Waals surface area contributed by atoms with Gasteiger partial charge in [0.25, 0.3) is 0 Å². The molecule has 0 heterocycles. The molecule has 0 saturated heterocycles. The van der Waals surface area contributed by atoms with E-state index >= 15 is 0 Å². The molecule has 5 heteroatoms.